The molecule has 3 heteroatoms. The van der Waals surface area contributed by atoms with Crippen LogP contribution in [0.1, 0.15) is 53.4 Å². The van der Waals surface area contributed by atoms with Crippen LogP contribution < -0.4 is 5.32 Å². The van der Waals surface area contributed by atoms with Crippen LogP contribution in [-0.4, -0.2) is 61.2 Å². The van der Waals surface area contributed by atoms with Gasteiger partial charge in [-0.05, 0) is 79.7 Å². The van der Waals surface area contributed by atoms with Crippen molar-refractivity contribution in [1.29, 1.82) is 0 Å². The van der Waals surface area contributed by atoms with E-state index in [-0.39, 0.29) is 5.54 Å². The molecule has 19 heavy (non-hydrogen) atoms. The van der Waals surface area contributed by atoms with Gasteiger partial charge in [0.15, 0.2) is 0 Å². The van der Waals surface area contributed by atoms with Crippen molar-refractivity contribution in [3.05, 3.63) is 0 Å². The maximum Gasteiger partial charge on any atom is 0.0223 e. The normalized spacial score (nSPS) is 21.5. The van der Waals surface area contributed by atoms with Gasteiger partial charge in [0.2, 0.25) is 0 Å². The molecule has 0 saturated carbocycles. The fraction of sp³-hybridized carbons (Fsp3) is 1.00. The predicted octanol–water partition coefficient (Wildman–Crippen LogP) is 2.57. The first-order valence-electron chi connectivity index (χ1n) is 8.10. The van der Waals surface area contributed by atoms with E-state index >= 15 is 0 Å². The van der Waals surface area contributed by atoms with Crippen LogP contribution in [0.25, 0.3) is 0 Å². The minimum atomic E-state index is 0.261. The first-order valence-corrected chi connectivity index (χ1v) is 8.10. The summed E-state index contributed by atoms with van der Waals surface area (Å²) >= 11 is 0. The van der Waals surface area contributed by atoms with E-state index < -0.39 is 0 Å². The third-order valence-electron chi connectivity index (χ3n) is 4.05. The summed E-state index contributed by atoms with van der Waals surface area (Å²) in [7, 11) is 2.28. The molecule has 0 aromatic heterocycles. The van der Waals surface area contributed by atoms with Gasteiger partial charge in [-0.25, -0.2) is 0 Å². The molecule has 0 bridgehead atoms. The van der Waals surface area contributed by atoms with E-state index in [2.05, 4.69) is 49.9 Å². The van der Waals surface area contributed by atoms with Crippen LogP contribution in [0, 0.1) is 0 Å². The molecule has 1 heterocycles. The van der Waals surface area contributed by atoms with Gasteiger partial charge in [-0.2, -0.15) is 0 Å². The lowest BCUT2D eigenvalue weighted by Crippen LogP contribution is -2.39. The van der Waals surface area contributed by atoms with Gasteiger partial charge in [-0.1, -0.05) is 6.92 Å². The third-order valence-corrected chi connectivity index (χ3v) is 4.05. The summed E-state index contributed by atoms with van der Waals surface area (Å²) in [6.07, 6.45) is 5.37. The van der Waals surface area contributed by atoms with Crippen LogP contribution >= 0.6 is 0 Å². The van der Waals surface area contributed by atoms with E-state index in [1.165, 1.54) is 51.9 Å². The molecule has 1 saturated heterocycles. The van der Waals surface area contributed by atoms with Crippen molar-refractivity contribution in [1.82, 2.24) is 15.1 Å². The first-order chi connectivity index (χ1) is 8.92. The fourth-order valence-electron chi connectivity index (χ4n) is 2.94. The molecule has 114 valence electrons. The summed E-state index contributed by atoms with van der Waals surface area (Å²) in [6, 6.07) is 0.808. The molecular weight excluding hydrogens is 234 g/mol. The van der Waals surface area contributed by atoms with E-state index in [1.54, 1.807) is 0 Å². The third kappa shape index (κ3) is 7.28. The van der Waals surface area contributed by atoms with Crippen molar-refractivity contribution >= 4 is 0 Å². The summed E-state index contributed by atoms with van der Waals surface area (Å²) in [5.41, 5.74) is 0.261. The zero-order chi connectivity index (χ0) is 14.3. The lowest BCUT2D eigenvalue weighted by Gasteiger charge is -2.27. The van der Waals surface area contributed by atoms with Crippen LogP contribution in [0.4, 0.5) is 0 Å². The molecule has 1 aliphatic rings. The van der Waals surface area contributed by atoms with Crippen molar-refractivity contribution < 1.29 is 0 Å². The molecule has 1 N–H and O–H groups in total. The Hall–Kier alpha value is -0.120. The van der Waals surface area contributed by atoms with Crippen molar-refractivity contribution in [2.45, 2.75) is 65.0 Å². The van der Waals surface area contributed by atoms with Gasteiger partial charge in [0.25, 0.3) is 0 Å². The number of likely N-dealkylation sites (tertiary alicyclic amines) is 1. The Morgan fingerprint density at radius 3 is 2.63 bits per heavy atom. The van der Waals surface area contributed by atoms with E-state index in [4.69, 9.17) is 0 Å². The van der Waals surface area contributed by atoms with Gasteiger partial charge >= 0.3 is 0 Å². The highest BCUT2D eigenvalue weighted by Gasteiger charge is 2.23. The van der Waals surface area contributed by atoms with Crippen molar-refractivity contribution in [2.75, 3.05) is 39.8 Å². The Bertz CT molecular complexity index is 235. The van der Waals surface area contributed by atoms with Gasteiger partial charge in [0, 0.05) is 18.1 Å². The Morgan fingerprint density at radius 2 is 2.00 bits per heavy atom. The minimum Gasteiger partial charge on any atom is -0.312 e. The molecule has 1 aliphatic heterocycles. The largest absolute Gasteiger partial charge is 0.312 e. The number of nitrogens with one attached hydrogen (secondary N) is 1. The van der Waals surface area contributed by atoms with Gasteiger partial charge in [0.1, 0.15) is 0 Å². The average Bonchev–Trinajstić information content (AvgIpc) is 2.74. The summed E-state index contributed by atoms with van der Waals surface area (Å²) < 4.78 is 0. The maximum atomic E-state index is 3.56. The molecule has 3 nitrogen and oxygen atoms in total. The van der Waals surface area contributed by atoms with E-state index in [9.17, 15) is 0 Å². The molecule has 0 aliphatic carbocycles. The highest BCUT2D eigenvalue weighted by atomic mass is 15.2. The smallest absolute Gasteiger partial charge is 0.0223 e. The van der Waals surface area contributed by atoms with Gasteiger partial charge < -0.3 is 10.2 Å². The molecule has 1 fully saturated rings. The fourth-order valence-corrected chi connectivity index (χ4v) is 2.94. The predicted molar refractivity (Wildman–Crippen MR) is 84.8 cm³/mol. The van der Waals surface area contributed by atoms with Crippen molar-refractivity contribution in [3.63, 3.8) is 0 Å². The highest BCUT2D eigenvalue weighted by molar-refractivity contribution is 4.80. The molecule has 1 rings (SSSR count). The van der Waals surface area contributed by atoms with Gasteiger partial charge in [0.05, 0.1) is 0 Å². The Balaban J connectivity index is 2.06. The Morgan fingerprint density at radius 1 is 1.26 bits per heavy atom. The van der Waals surface area contributed by atoms with Gasteiger partial charge in [-0.3, -0.25) is 4.90 Å². The second-order valence-corrected chi connectivity index (χ2v) is 7.07. The Kier molecular flexibility index (Phi) is 7.33. The zero-order valence-electron chi connectivity index (χ0n) is 13.8. The molecular formula is C16H35N3. The number of hydrogen-bond acceptors (Lipinski definition) is 3. The molecule has 0 aromatic rings. The van der Waals surface area contributed by atoms with E-state index in [1.807, 2.05) is 0 Å². The maximum absolute atomic E-state index is 3.56. The van der Waals surface area contributed by atoms with Crippen molar-refractivity contribution in [3.8, 4) is 0 Å². The summed E-state index contributed by atoms with van der Waals surface area (Å²) in [5.74, 6) is 0. The number of unbranched alkanes of at least 4 members (excludes halogenated alkanes) is 1. The number of rotatable bonds is 8. The quantitative estimate of drug-likeness (QED) is 0.683. The second kappa shape index (κ2) is 8.23. The summed E-state index contributed by atoms with van der Waals surface area (Å²) in [4.78, 5) is 5.16. The average molecular weight is 269 g/mol. The van der Waals surface area contributed by atoms with Crippen LogP contribution in [-0.2, 0) is 0 Å². The molecule has 0 amide bonds. The van der Waals surface area contributed by atoms with Crippen LogP contribution in [0.15, 0.2) is 0 Å². The second-order valence-electron chi connectivity index (χ2n) is 7.07. The van der Waals surface area contributed by atoms with Gasteiger partial charge in [-0.15, -0.1) is 0 Å². The lowest BCUT2D eigenvalue weighted by molar-refractivity contribution is 0.196. The SMILES string of the molecule is CCN1CCCC1CN(C)CCCCNC(C)(C)C. The highest BCUT2D eigenvalue weighted by Crippen LogP contribution is 2.17. The summed E-state index contributed by atoms with van der Waals surface area (Å²) in [5, 5.41) is 3.56. The van der Waals surface area contributed by atoms with Crippen molar-refractivity contribution in [2.24, 2.45) is 0 Å². The number of hydrogen-bond donors (Lipinski definition) is 1. The Labute approximate surface area is 120 Å². The molecule has 0 spiro atoms. The molecule has 0 radical (unpaired) electrons. The van der Waals surface area contributed by atoms with Crippen LogP contribution in [0.2, 0.25) is 0 Å². The van der Waals surface area contributed by atoms with Crippen LogP contribution in [0.3, 0.4) is 0 Å². The molecule has 1 atom stereocenters. The minimum absolute atomic E-state index is 0.261. The number of likely N-dealkylation sites (N-methyl/N-ethyl adjacent to an activating group) is 2. The zero-order valence-corrected chi connectivity index (χ0v) is 13.8. The molecule has 0 aromatic carbocycles. The van der Waals surface area contributed by atoms with Crippen LogP contribution in [0.5, 0.6) is 0 Å². The molecule has 1 unspecified atom stereocenters. The standard InChI is InChI=1S/C16H35N3/c1-6-19-13-9-10-15(19)14-18(5)12-8-7-11-17-16(2,3)4/h15,17H,6-14H2,1-5H3. The topological polar surface area (TPSA) is 18.5 Å². The first kappa shape index (κ1) is 16.9. The lowest BCUT2D eigenvalue weighted by atomic mass is 10.1. The number of nitrogens with zero attached hydrogens (tertiary/aromatic N) is 2. The summed E-state index contributed by atoms with van der Waals surface area (Å²) in [6.45, 7) is 15.1. The monoisotopic (exact) mass is 269 g/mol. The van der Waals surface area contributed by atoms with E-state index in [0.717, 1.165) is 12.6 Å². The van der Waals surface area contributed by atoms with E-state index in [0.29, 0.717) is 0 Å².